The molecule has 1 N–H and O–H groups in total. The first-order valence-electron chi connectivity index (χ1n) is 5.12. The topological polar surface area (TPSA) is 77.3 Å². The van der Waals surface area contributed by atoms with Gasteiger partial charge in [-0.15, -0.1) is 0 Å². The van der Waals surface area contributed by atoms with E-state index in [2.05, 4.69) is 10.3 Å². The highest BCUT2D eigenvalue weighted by Crippen LogP contribution is 2.20. The largest absolute Gasteiger partial charge is 0.379 e. The number of nitrogens with one attached hydrogen (secondary N) is 1. The summed E-state index contributed by atoms with van der Waals surface area (Å²) in [4.78, 5) is 14.1. The molecule has 86 valence electrons. The molecule has 1 aliphatic heterocycles. The SMILES string of the molecule is Cc1cc([N+](=O)[O-])cnc1NC1CCOC1. The molecule has 1 aliphatic rings. The summed E-state index contributed by atoms with van der Waals surface area (Å²) in [5.41, 5.74) is 0.798. The maximum Gasteiger partial charge on any atom is 0.287 e. The first-order chi connectivity index (χ1) is 7.66. The summed E-state index contributed by atoms with van der Waals surface area (Å²) in [6, 6.07) is 1.78. The van der Waals surface area contributed by atoms with Gasteiger partial charge >= 0.3 is 0 Å². The van der Waals surface area contributed by atoms with Crippen molar-refractivity contribution in [3.63, 3.8) is 0 Å². The lowest BCUT2D eigenvalue weighted by Gasteiger charge is -2.12. The molecule has 1 atom stereocenters. The molecule has 0 spiro atoms. The van der Waals surface area contributed by atoms with Gasteiger partial charge in [-0.3, -0.25) is 10.1 Å². The van der Waals surface area contributed by atoms with Crippen LogP contribution in [0.3, 0.4) is 0 Å². The minimum Gasteiger partial charge on any atom is -0.379 e. The van der Waals surface area contributed by atoms with E-state index in [4.69, 9.17) is 4.74 Å². The minimum absolute atomic E-state index is 0.0192. The van der Waals surface area contributed by atoms with E-state index < -0.39 is 4.92 Å². The van der Waals surface area contributed by atoms with Gasteiger partial charge in [0.15, 0.2) is 0 Å². The minimum atomic E-state index is -0.442. The lowest BCUT2D eigenvalue weighted by molar-refractivity contribution is -0.385. The van der Waals surface area contributed by atoms with Crippen LogP contribution in [0.15, 0.2) is 12.3 Å². The number of aryl methyl sites for hydroxylation is 1. The highest BCUT2D eigenvalue weighted by molar-refractivity contribution is 5.48. The third-order valence-electron chi connectivity index (χ3n) is 2.55. The molecule has 1 aromatic heterocycles. The Morgan fingerprint density at radius 3 is 3.06 bits per heavy atom. The van der Waals surface area contributed by atoms with E-state index in [1.165, 1.54) is 12.3 Å². The lowest BCUT2D eigenvalue weighted by Crippen LogP contribution is -2.20. The molecule has 2 heterocycles. The Balaban J connectivity index is 2.12. The van der Waals surface area contributed by atoms with Crippen molar-refractivity contribution in [2.24, 2.45) is 0 Å². The van der Waals surface area contributed by atoms with Crippen molar-refractivity contribution in [3.8, 4) is 0 Å². The maximum absolute atomic E-state index is 10.5. The highest BCUT2D eigenvalue weighted by Gasteiger charge is 2.17. The molecule has 6 nitrogen and oxygen atoms in total. The lowest BCUT2D eigenvalue weighted by atomic mass is 10.2. The van der Waals surface area contributed by atoms with Crippen LogP contribution < -0.4 is 5.32 Å². The molecule has 0 amide bonds. The molecule has 1 aromatic rings. The van der Waals surface area contributed by atoms with Crippen LogP contribution in [0.5, 0.6) is 0 Å². The fourth-order valence-corrected chi connectivity index (χ4v) is 1.65. The summed E-state index contributed by atoms with van der Waals surface area (Å²) in [6.45, 7) is 3.22. The van der Waals surface area contributed by atoms with Crippen LogP contribution in [0.4, 0.5) is 11.5 Å². The Hall–Kier alpha value is -1.69. The molecule has 1 fully saturated rings. The van der Waals surface area contributed by atoms with Gasteiger partial charge in [-0.05, 0) is 18.9 Å². The van der Waals surface area contributed by atoms with Crippen molar-refractivity contribution in [3.05, 3.63) is 27.9 Å². The van der Waals surface area contributed by atoms with Gasteiger partial charge < -0.3 is 10.1 Å². The summed E-state index contributed by atoms with van der Waals surface area (Å²) in [5.74, 6) is 0.695. The summed E-state index contributed by atoms with van der Waals surface area (Å²) in [7, 11) is 0. The van der Waals surface area contributed by atoms with Crippen LogP contribution in [0, 0.1) is 17.0 Å². The number of pyridine rings is 1. The van der Waals surface area contributed by atoms with Gasteiger partial charge in [-0.1, -0.05) is 0 Å². The molecule has 6 heteroatoms. The number of nitrogens with zero attached hydrogens (tertiary/aromatic N) is 2. The van der Waals surface area contributed by atoms with Crippen molar-refractivity contribution >= 4 is 11.5 Å². The zero-order chi connectivity index (χ0) is 11.5. The van der Waals surface area contributed by atoms with E-state index in [-0.39, 0.29) is 11.7 Å². The van der Waals surface area contributed by atoms with E-state index in [9.17, 15) is 10.1 Å². The summed E-state index contributed by atoms with van der Waals surface area (Å²) in [6.07, 6.45) is 2.21. The van der Waals surface area contributed by atoms with Crippen LogP contribution in [0.25, 0.3) is 0 Å². The van der Waals surface area contributed by atoms with Crippen LogP contribution in [0.1, 0.15) is 12.0 Å². The predicted octanol–water partition coefficient (Wildman–Crippen LogP) is 1.50. The fraction of sp³-hybridized carbons (Fsp3) is 0.500. The Morgan fingerprint density at radius 2 is 2.50 bits per heavy atom. The Morgan fingerprint density at radius 1 is 1.69 bits per heavy atom. The van der Waals surface area contributed by atoms with Gasteiger partial charge in [0, 0.05) is 12.7 Å². The zero-order valence-corrected chi connectivity index (χ0v) is 8.97. The second-order valence-electron chi connectivity index (χ2n) is 3.82. The molecular formula is C10H13N3O3. The summed E-state index contributed by atoms with van der Waals surface area (Å²) < 4.78 is 5.23. The first kappa shape index (κ1) is 10.8. The van der Waals surface area contributed by atoms with E-state index >= 15 is 0 Å². The van der Waals surface area contributed by atoms with E-state index in [1.54, 1.807) is 6.92 Å². The quantitative estimate of drug-likeness (QED) is 0.620. The van der Waals surface area contributed by atoms with Crippen molar-refractivity contribution in [1.29, 1.82) is 0 Å². The van der Waals surface area contributed by atoms with Gasteiger partial charge in [0.2, 0.25) is 0 Å². The molecule has 1 unspecified atom stereocenters. The van der Waals surface area contributed by atoms with Crippen molar-refractivity contribution < 1.29 is 9.66 Å². The molecule has 0 bridgehead atoms. The molecule has 16 heavy (non-hydrogen) atoms. The van der Waals surface area contributed by atoms with Crippen molar-refractivity contribution in [2.45, 2.75) is 19.4 Å². The van der Waals surface area contributed by atoms with Gasteiger partial charge in [0.25, 0.3) is 5.69 Å². The third-order valence-corrected chi connectivity index (χ3v) is 2.55. The van der Waals surface area contributed by atoms with Gasteiger partial charge in [-0.25, -0.2) is 4.98 Å². The van der Waals surface area contributed by atoms with Crippen molar-refractivity contribution in [2.75, 3.05) is 18.5 Å². The highest BCUT2D eigenvalue weighted by atomic mass is 16.6. The third kappa shape index (κ3) is 2.27. The van der Waals surface area contributed by atoms with Gasteiger partial charge in [-0.2, -0.15) is 0 Å². The van der Waals surface area contributed by atoms with Crippen LogP contribution in [0.2, 0.25) is 0 Å². The standard InChI is InChI=1S/C10H13N3O3/c1-7-4-9(13(14)15)5-11-10(7)12-8-2-3-16-6-8/h4-5,8H,2-3,6H2,1H3,(H,11,12). The Labute approximate surface area is 92.8 Å². The smallest absolute Gasteiger partial charge is 0.287 e. The van der Waals surface area contributed by atoms with E-state index in [0.29, 0.717) is 12.4 Å². The maximum atomic E-state index is 10.5. The number of hydrogen-bond acceptors (Lipinski definition) is 5. The van der Waals surface area contributed by atoms with E-state index in [1.807, 2.05) is 0 Å². The van der Waals surface area contributed by atoms with Crippen LogP contribution >= 0.6 is 0 Å². The molecular weight excluding hydrogens is 210 g/mol. The number of hydrogen-bond donors (Lipinski definition) is 1. The summed E-state index contributed by atoms with van der Waals surface area (Å²) >= 11 is 0. The zero-order valence-electron chi connectivity index (χ0n) is 8.97. The number of rotatable bonds is 3. The van der Waals surface area contributed by atoms with Crippen LogP contribution in [-0.2, 0) is 4.74 Å². The molecule has 0 aromatic carbocycles. The van der Waals surface area contributed by atoms with Gasteiger partial charge in [0.1, 0.15) is 12.0 Å². The number of aromatic nitrogens is 1. The normalized spacial score (nSPS) is 19.7. The average molecular weight is 223 g/mol. The summed E-state index contributed by atoms with van der Waals surface area (Å²) in [5, 5.41) is 13.8. The monoisotopic (exact) mass is 223 g/mol. The predicted molar refractivity (Wildman–Crippen MR) is 58.5 cm³/mol. The van der Waals surface area contributed by atoms with Gasteiger partial charge in [0.05, 0.1) is 17.6 Å². The number of anilines is 1. The van der Waals surface area contributed by atoms with Crippen LogP contribution in [-0.4, -0.2) is 29.2 Å². The average Bonchev–Trinajstić information content (AvgIpc) is 2.73. The second-order valence-corrected chi connectivity index (χ2v) is 3.82. The van der Waals surface area contributed by atoms with Crippen molar-refractivity contribution in [1.82, 2.24) is 4.98 Å². The molecule has 0 radical (unpaired) electrons. The fourth-order valence-electron chi connectivity index (χ4n) is 1.65. The number of ether oxygens (including phenoxy) is 1. The molecule has 1 saturated heterocycles. The first-order valence-corrected chi connectivity index (χ1v) is 5.12. The number of nitro groups is 1. The molecule has 0 aliphatic carbocycles. The molecule has 2 rings (SSSR count). The Kier molecular flexibility index (Phi) is 3.00. The molecule has 0 saturated carbocycles. The second kappa shape index (κ2) is 4.44. The van der Waals surface area contributed by atoms with E-state index in [0.717, 1.165) is 18.6 Å². The Bertz CT molecular complexity index is 402.